The van der Waals surface area contributed by atoms with E-state index in [1.54, 1.807) is 13.1 Å². The molecule has 0 spiro atoms. The fourth-order valence-electron chi connectivity index (χ4n) is 2.21. The fraction of sp³-hybridized carbons (Fsp3) is 0.500. The van der Waals surface area contributed by atoms with Crippen molar-refractivity contribution >= 4 is 34.9 Å². The van der Waals surface area contributed by atoms with Gasteiger partial charge in [-0.15, -0.1) is 11.3 Å². The average Bonchev–Trinajstić information content (AvgIpc) is 2.97. The smallest absolute Gasteiger partial charge is 0.326 e. The number of aliphatic carboxylic acids is 1. The van der Waals surface area contributed by atoms with E-state index in [1.165, 1.54) is 21.1 Å². The van der Waals surface area contributed by atoms with Gasteiger partial charge in [0.15, 0.2) is 0 Å². The minimum absolute atomic E-state index is 0.241. The van der Waals surface area contributed by atoms with Gasteiger partial charge in [0.1, 0.15) is 6.04 Å². The van der Waals surface area contributed by atoms with Gasteiger partial charge in [-0.3, -0.25) is 0 Å². The van der Waals surface area contributed by atoms with E-state index in [9.17, 15) is 9.59 Å². The Morgan fingerprint density at radius 3 is 2.89 bits per heavy atom. The molecule has 104 valence electrons. The molecular formula is C12H15ClN2O3S. The number of hydrogen-bond donors (Lipinski definition) is 1. The predicted octanol–water partition coefficient (Wildman–Crippen LogP) is 2.50. The van der Waals surface area contributed by atoms with Crippen molar-refractivity contribution < 1.29 is 14.7 Å². The van der Waals surface area contributed by atoms with Crippen molar-refractivity contribution in [3.63, 3.8) is 0 Å². The lowest BCUT2D eigenvalue weighted by atomic mass is 10.2. The summed E-state index contributed by atoms with van der Waals surface area (Å²) < 4.78 is 0.681. The van der Waals surface area contributed by atoms with Gasteiger partial charge in [-0.1, -0.05) is 11.6 Å². The highest BCUT2D eigenvalue weighted by Crippen LogP contribution is 2.24. The van der Waals surface area contributed by atoms with Gasteiger partial charge in [-0.25, -0.2) is 9.59 Å². The molecule has 7 heteroatoms. The number of carboxylic acid groups (broad SMARTS) is 1. The topological polar surface area (TPSA) is 60.9 Å². The second-order valence-electron chi connectivity index (χ2n) is 4.53. The van der Waals surface area contributed by atoms with Crippen molar-refractivity contribution in [3.8, 4) is 0 Å². The first-order valence-corrected chi connectivity index (χ1v) is 7.17. The Morgan fingerprint density at radius 1 is 1.58 bits per heavy atom. The van der Waals surface area contributed by atoms with E-state index in [4.69, 9.17) is 16.7 Å². The molecule has 5 nitrogen and oxygen atoms in total. The van der Waals surface area contributed by atoms with Crippen LogP contribution in [0.2, 0.25) is 4.34 Å². The summed E-state index contributed by atoms with van der Waals surface area (Å²) in [6.45, 7) is 0.949. The van der Waals surface area contributed by atoms with Crippen LogP contribution in [0.5, 0.6) is 0 Å². The van der Waals surface area contributed by atoms with Gasteiger partial charge in [0.2, 0.25) is 0 Å². The summed E-state index contributed by atoms with van der Waals surface area (Å²) in [6.07, 6.45) is 1.27. The number of halogens is 1. The third-order valence-corrected chi connectivity index (χ3v) is 4.35. The van der Waals surface area contributed by atoms with Gasteiger partial charge in [0.25, 0.3) is 0 Å². The Balaban J connectivity index is 2.00. The monoisotopic (exact) mass is 302 g/mol. The Bertz CT molecular complexity index is 491. The van der Waals surface area contributed by atoms with E-state index >= 15 is 0 Å². The molecule has 1 aliphatic rings. The second-order valence-corrected chi connectivity index (χ2v) is 6.33. The molecule has 1 atom stereocenters. The third-order valence-electron chi connectivity index (χ3n) is 3.13. The van der Waals surface area contributed by atoms with Crippen LogP contribution in [0.15, 0.2) is 12.1 Å². The van der Waals surface area contributed by atoms with Crippen LogP contribution >= 0.6 is 22.9 Å². The van der Waals surface area contributed by atoms with Crippen molar-refractivity contribution in [1.82, 2.24) is 9.80 Å². The van der Waals surface area contributed by atoms with E-state index < -0.39 is 12.0 Å². The number of urea groups is 1. The third kappa shape index (κ3) is 3.19. The number of carboxylic acids is 1. The number of amides is 2. The van der Waals surface area contributed by atoms with Gasteiger partial charge in [0, 0.05) is 18.5 Å². The molecule has 0 radical (unpaired) electrons. The van der Waals surface area contributed by atoms with E-state index in [1.807, 2.05) is 6.07 Å². The number of thiophene rings is 1. The Kier molecular flexibility index (Phi) is 4.31. The predicted molar refractivity (Wildman–Crippen MR) is 73.6 cm³/mol. The molecular weight excluding hydrogens is 288 g/mol. The molecule has 2 rings (SSSR count). The quantitative estimate of drug-likeness (QED) is 0.933. The first kappa shape index (κ1) is 14.1. The second kappa shape index (κ2) is 5.79. The van der Waals surface area contributed by atoms with Crippen LogP contribution in [0.25, 0.3) is 0 Å². The zero-order chi connectivity index (χ0) is 14.0. The van der Waals surface area contributed by atoms with Gasteiger partial charge in [-0.05, 0) is 25.0 Å². The number of nitrogens with zero attached hydrogens (tertiary/aromatic N) is 2. The van der Waals surface area contributed by atoms with Crippen LogP contribution in [-0.4, -0.2) is 46.5 Å². The first-order valence-electron chi connectivity index (χ1n) is 5.98. The van der Waals surface area contributed by atoms with Crippen LogP contribution in [0, 0.1) is 0 Å². The molecule has 2 amide bonds. The average molecular weight is 303 g/mol. The Hall–Kier alpha value is -1.27. The molecule has 1 aromatic rings. The van der Waals surface area contributed by atoms with E-state index in [2.05, 4.69) is 0 Å². The molecule has 0 aliphatic carbocycles. The van der Waals surface area contributed by atoms with E-state index in [0.29, 0.717) is 23.8 Å². The lowest BCUT2D eigenvalue weighted by molar-refractivity contribution is -0.141. The lowest BCUT2D eigenvalue weighted by Gasteiger charge is -2.27. The number of rotatable bonds is 3. The summed E-state index contributed by atoms with van der Waals surface area (Å²) in [5.41, 5.74) is 0. The van der Waals surface area contributed by atoms with Gasteiger partial charge in [-0.2, -0.15) is 0 Å². The minimum atomic E-state index is -0.932. The molecule has 19 heavy (non-hydrogen) atoms. The SMILES string of the molecule is CN(Cc1ccc(Cl)s1)C(=O)N1CCC[C@H]1C(=O)O. The molecule has 1 fully saturated rings. The van der Waals surface area contributed by atoms with Crippen molar-refractivity contribution in [2.45, 2.75) is 25.4 Å². The number of carbonyl (C=O) groups excluding carboxylic acids is 1. The minimum Gasteiger partial charge on any atom is -0.480 e. The van der Waals surface area contributed by atoms with E-state index in [0.717, 1.165) is 11.3 Å². The summed E-state index contributed by atoms with van der Waals surface area (Å²) in [5.74, 6) is -0.932. The van der Waals surface area contributed by atoms with Crippen LogP contribution < -0.4 is 0 Å². The molecule has 0 saturated carbocycles. The molecule has 0 unspecified atom stereocenters. The van der Waals surface area contributed by atoms with Crippen LogP contribution in [0.3, 0.4) is 0 Å². The zero-order valence-corrected chi connectivity index (χ0v) is 12.1. The van der Waals surface area contributed by atoms with Crippen molar-refractivity contribution in [3.05, 3.63) is 21.3 Å². The lowest BCUT2D eigenvalue weighted by Crippen LogP contribution is -2.46. The maximum Gasteiger partial charge on any atom is 0.326 e. The maximum atomic E-state index is 12.2. The van der Waals surface area contributed by atoms with Crippen LogP contribution in [-0.2, 0) is 11.3 Å². The maximum absolute atomic E-state index is 12.2. The van der Waals surface area contributed by atoms with Gasteiger partial charge < -0.3 is 14.9 Å². The highest BCUT2D eigenvalue weighted by Gasteiger charge is 2.35. The fourth-order valence-corrected chi connectivity index (χ4v) is 3.35. The standard InChI is InChI=1S/C12H15ClN2O3S/c1-14(7-8-4-5-10(13)19-8)12(18)15-6-2-3-9(15)11(16)17/h4-5,9H,2-3,6-7H2,1H3,(H,16,17)/t9-/m0/s1. The van der Waals surface area contributed by atoms with E-state index in [-0.39, 0.29) is 6.03 Å². The highest BCUT2D eigenvalue weighted by atomic mass is 35.5. The Labute approximate surface area is 120 Å². The largest absolute Gasteiger partial charge is 0.480 e. The number of hydrogen-bond acceptors (Lipinski definition) is 3. The normalized spacial score (nSPS) is 18.6. The molecule has 2 heterocycles. The molecule has 0 aromatic carbocycles. The van der Waals surface area contributed by atoms with Crippen LogP contribution in [0.1, 0.15) is 17.7 Å². The summed E-state index contributed by atoms with van der Waals surface area (Å²) in [7, 11) is 1.67. The first-order chi connectivity index (χ1) is 8.99. The molecule has 1 aromatic heterocycles. The van der Waals surface area contributed by atoms with Gasteiger partial charge in [0.05, 0.1) is 10.9 Å². The molecule has 0 bridgehead atoms. The summed E-state index contributed by atoms with van der Waals surface area (Å²) >= 11 is 7.26. The molecule has 1 aliphatic heterocycles. The van der Waals surface area contributed by atoms with Crippen molar-refractivity contribution in [1.29, 1.82) is 0 Å². The van der Waals surface area contributed by atoms with Gasteiger partial charge >= 0.3 is 12.0 Å². The number of carbonyl (C=O) groups is 2. The van der Waals surface area contributed by atoms with Crippen molar-refractivity contribution in [2.75, 3.05) is 13.6 Å². The highest BCUT2D eigenvalue weighted by molar-refractivity contribution is 7.16. The van der Waals surface area contributed by atoms with Crippen molar-refractivity contribution in [2.24, 2.45) is 0 Å². The number of likely N-dealkylation sites (tertiary alicyclic amines) is 1. The Morgan fingerprint density at radius 2 is 2.32 bits per heavy atom. The molecule has 1 saturated heterocycles. The summed E-state index contributed by atoms with van der Waals surface area (Å²) in [5, 5.41) is 9.08. The zero-order valence-electron chi connectivity index (χ0n) is 10.5. The van der Waals surface area contributed by atoms with Crippen LogP contribution in [0.4, 0.5) is 4.79 Å². The summed E-state index contributed by atoms with van der Waals surface area (Å²) in [4.78, 5) is 27.2. The summed E-state index contributed by atoms with van der Waals surface area (Å²) in [6, 6.07) is 2.72. The molecule has 1 N–H and O–H groups in total.